The van der Waals surface area contributed by atoms with E-state index >= 15 is 0 Å². The molecule has 1 saturated carbocycles. The maximum Gasteiger partial charge on any atom is 0.167 e. The first-order valence-electron chi connectivity index (χ1n) is 9.18. The molecule has 1 aliphatic rings. The molecule has 5 rings (SSSR count). The number of hydrogen-bond acceptors (Lipinski definition) is 6. The molecule has 0 bridgehead atoms. The average molecular weight is 387 g/mol. The molecule has 1 fully saturated rings. The number of Topliss-reactive ketones (excluding diaryl/α,β-unsaturated/α-hetero) is 1. The van der Waals surface area contributed by atoms with Crippen molar-refractivity contribution in [2.24, 2.45) is 5.92 Å². The number of aromatic nitrogens is 5. The summed E-state index contributed by atoms with van der Waals surface area (Å²) in [5.41, 5.74) is 3.65. The molecule has 3 aromatic heterocycles. The summed E-state index contributed by atoms with van der Waals surface area (Å²) < 4.78 is 0. The van der Waals surface area contributed by atoms with E-state index < -0.39 is 0 Å². The molecule has 1 aromatic carbocycles. The number of H-pyrrole nitrogens is 1. The van der Waals surface area contributed by atoms with Gasteiger partial charge in [-0.15, -0.1) is 11.3 Å². The van der Waals surface area contributed by atoms with Gasteiger partial charge < -0.3 is 0 Å². The first-order valence-corrected chi connectivity index (χ1v) is 9.99. The summed E-state index contributed by atoms with van der Waals surface area (Å²) in [4.78, 5) is 26.7. The topological polar surface area (TPSA) is 84.4 Å². The van der Waals surface area contributed by atoms with Crippen molar-refractivity contribution in [1.82, 2.24) is 25.1 Å². The Bertz CT molecular complexity index is 1120. The van der Waals surface area contributed by atoms with Crippen molar-refractivity contribution in [3.05, 3.63) is 60.7 Å². The van der Waals surface area contributed by atoms with Gasteiger partial charge in [-0.2, -0.15) is 5.10 Å². The Labute approximate surface area is 165 Å². The van der Waals surface area contributed by atoms with E-state index in [4.69, 9.17) is 4.98 Å². The SMILES string of the molecule is O=C(Cc1cc(-c2nc(-c3ccccc3)c(-c3ncn[nH]3)s2)ccn1)C1CC1. The number of aromatic amines is 1. The van der Waals surface area contributed by atoms with Crippen molar-refractivity contribution in [2.75, 3.05) is 0 Å². The minimum absolute atomic E-state index is 0.244. The van der Waals surface area contributed by atoms with Crippen molar-refractivity contribution in [2.45, 2.75) is 19.3 Å². The van der Waals surface area contributed by atoms with Gasteiger partial charge in [0.05, 0.1) is 10.6 Å². The fraction of sp³-hybridized carbons (Fsp3) is 0.190. The summed E-state index contributed by atoms with van der Waals surface area (Å²) in [5.74, 6) is 1.23. The molecule has 0 unspecified atom stereocenters. The average Bonchev–Trinajstić information content (AvgIpc) is 3.26. The van der Waals surface area contributed by atoms with Gasteiger partial charge in [-0.25, -0.2) is 9.97 Å². The molecule has 0 atom stereocenters. The Morgan fingerprint density at radius 2 is 1.96 bits per heavy atom. The summed E-state index contributed by atoms with van der Waals surface area (Å²) in [6.45, 7) is 0. The van der Waals surface area contributed by atoms with Crippen molar-refractivity contribution in [3.63, 3.8) is 0 Å². The van der Waals surface area contributed by atoms with Crippen LogP contribution in [0.4, 0.5) is 0 Å². The highest BCUT2D eigenvalue weighted by Crippen LogP contribution is 2.39. The highest BCUT2D eigenvalue weighted by molar-refractivity contribution is 7.18. The standard InChI is InChI=1S/C21H17N5OS/c27-17(13-6-7-13)11-16-10-15(8-9-22-16)21-25-18(14-4-2-1-3-5-14)19(28-21)20-23-12-24-26-20/h1-5,8-10,12-13H,6-7,11H2,(H,23,24,26). The molecule has 0 spiro atoms. The monoisotopic (exact) mass is 387 g/mol. The maximum absolute atomic E-state index is 12.1. The molecule has 28 heavy (non-hydrogen) atoms. The Balaban J connectivity index is 1.54. The lowest BCUT2D eigenvalue weighted by molar-refractivity contribution is -0.119. The number of benzene rings is 1. The van der Waals surface area contributed by atoms with Crippen molar-refractivity contribution in [1.29, 1.82) is 0 Å². The van der Waals surface area contributed by atoms with Crippen LogP contribution in [0.2, 0.25) is 0 Å². The van der Waals surface area contributed by atoms with Gasteiger partial charge in [-0.1, -0.05) is 30.3 Å². The van der Waals surface area contributed by atoms with E-state index in [0.717, 1.165) is 45.2 Å². The van der Waals surface area contributed by atoms with Gasteiger partial charge >= 0.3 is 0 Å². The van der Waals surface area contributed by atoms with E-state index in [1.165, 1.54) is 6.33 Å². The summed E-state index contributed by atoms with van der Waals surface area (Å²) in [6.07, 6.45) is 5.68. The maximum atomic E-state index is 12.1. The van der Waals surface area contributed by atoms with Crippen LogP contribution in [-0.2, 0) is 11.2 Å². The van der Waals surface area contributed by atoms with Crippen molar-refractivity contribution in [3.8, 4) is 32.5 Å². The van der Waals surface area contributed by atoms with Gasteiger partial charge in [-0.3, -0.25) is 14.9 Å². The number of nitrogens with zero attached hydrogens (tertiary/aromatic N) is 4. The second-order valence-electron chi connectivity index (χ2n) is 6.85. The highest BCUT2D eigenvalue weighted by Gasteiger charge is 2.29. The predicted octanol–water partition coefficient (Wildman–Crippen LogP) is 4.18. The third-order valence-electron chi connectivity index (χ3n) is 4.76. The smallest absolute Gasteiger partial charge is 0.167 e. The third kappa shape index (κ3) is 3.36. The molecule has 0 radical (unpaired) electrons. The third-order valence-corrected chi connectivity index (χ3v) is 5.87. The molecule has 0 saturated heterocycles. The van der Waals surface area contributed by atoms with E-state index in [9.17, 15) is 4.79 Å². The van der Waals surface area contributed by atoms with Crippen molar-refractivity contribution < 1.29 is 4.79 Å². The van der Waals surface area contributed by atoms with Crippen LogP contribution in [0.1, 0.15) is 18.5 Å². The molecule has 1 N–H and O–H groups in total. The fourth-order valence-electron chi connectivity index (χ4n) is 3.15. The molecular formula is C21H17N5OS. The Kier molecular flexibility index (Phi) is 4.29. The molecule has 0 amide bonds. The van der Waals surface area contributed by atoms with Gasteiger partial charge in [0.25, 0.3) is 0 Å². The van der Waals surface area contributed by atoms with Gasteiger partial charge in [-0.05, 0) is 25.0 Å². The molecule has 4 aromatic rings. The molecule has 0 aliphatic heterocycles. The lowest BCUT2D eigenvalue weighted by atomic mass is 10.1. The second kappa shape index (κ2) is 7.09. The number of ketones is 1. The van der Waals surface area contributed by atoms with E-state index in [-0.39, 0.29) is 11.7 Å². The zero-order chi connectivity index (χ0) is 18.9. The van der Waals surface area contributed by atoms with E-state index in [1.54, 1.807) is 17.5 Å². The van der Waals surface area contributed by atoms with Crippen LogP contribution in [0, 0.1) is 5.92 Å². The van der Waals surface area contributed by atoms with Crippen LogP contribution in [0.5, 0.6) is 0 Å². The molecule has 6 nitrogen and oxygen atoms in total. The number of carbonyl (C=O) groups is 1. The van der Waals surface area contributed by atoms with Gasteiger partial charge in [0.1, 0.15) is 17.1 Å². The normalized spacial score (nSPS) is 13.6. The fourth-order valence-corrected chi connectivity index (χ4v) is 4.18. The molecule has 7 heteroatoms. The quantitative estimate of drug-likeness (QED) is 0.536. The number of carbonyl (C=O) groups excluding carboxylic acids is 1. The van der Waals surface area contributed by atoms with Gasteiger partial charge in [0, 0.05) is 35.4 Å². The minimum Gasteiger partial charge on any atom is -0.299 e. The number of nitrogens with one attached hydrogen (secondary N) is 1. The molecule has 1 aliphatic carbocycles. The number of rotatable bonds is 6. The Morgan fingerprint density at radius 3 is 2.71 bits per heavy atom. The minimum atomic E-state index is 0.244. The van der Waals surface area contributed by atoms with Crippen LogP contribution < -0.4 is 0 Å². The van der Waals surface area contributed by atoms with Crippen LogP contribution in [-0.4, -0.2) is 30.9 Å². The Hall–Kier alpha value is -3.19. The summed E-state index contributed by atoms with van der Waals surface area (Å²) in [7, 11) is 0. The van der Waals surface area contributed by atoms with Crippen LogP contribution in [0.15, 0.2) is 55.0 Å². The predicted molar refractivity (Wildman–Crippen MR) is 108 cm³/mol. The second-order valence-corrected chi connectivity index (χ2v) is 7.85. The zero-order valence-corrected chi connectivity index (χ0v) is 15.8. The van der Waals surface area contributed by atoms with Crippen LogP contribution in [0.25, 0.3) is 32.5 Å². The first-order chi connectivity index (χ1) is 13.8. The number of pyridine rings is 1. The molecular weight excluding hydrogens is 370 g/mol. The molecule has 138 valence electrons. The summed E-state index contributed by atoms with van der Waals surface area (Å²) >= 11 is 1.55. The first kappa shape index (κ1) is 16.9. The van der Waals surface area contributed by atoms with Crippen molar-refractivity contribution >= 4 is 17.1 Å². The van der Waals surface area contributed by atoms with E-state index in [0.29, 0.717) is 12.2 Å². The Morgan fingerprint density at radius 1 is 1.11 bits per heavy atom. The van der Waals surface area contributed by atoms with Crippen LogP contribution >= 0.6 is 11.3 Å². The van der Waals surface area contributed by atoms with Gasteiger partial charge in [0.15, 0.2) is 5.82 Å². The largest absolute Gasteiger partial charge is 0.299 e. The molecule has 3 heterocycles. The lowest BCUT2D eigenvalue weighted by Crippen LogP contribution is -2.06. The number of hydrogen-bond donors (Lipinski definition) is 1. The van der Waals surface area contributed by atoms with Gasteiger partial charge in [0.2, 0.25) is 0 Å². The number of thiazole rings is 1. The highest BCUT2D eigenvalue weighted by atomic mass is 32.1. The summed E-state index contributed by atoms with van der Waals surface area (Å²) in [6, 6.07) is 13.9. The van der Waals surface area contributed by atoms with E-state index in [2.05, 4.69) is 20.2 Å². The van der Waals surface area contributed by atoms with E-state index in [1.807, 2.05) is 42.5 Å². The van der Waals surface area contributed by atoms with Crippen LogP contribution in [0.3, 0.4) is 0 Å². The lowest BCUT2D eigenvalue weighted by Gasteiger charge is -2.02. The summed E-state index contributed by atoms with van der Waals surface area (Å²) in [5, 5.41) is 7.79. The zero-order valence-electron chi connectivity index (χ0n) is 15.0.